The Morgan fingerprint density at radius 1 is 1.22 bits per heavy atom. The molecule has 1 amide bonds. The molecular formula is C16H12ClN3O3. The number of anilines is 1. The van der Waals surface area contributed by atoms with Gasteiger partial charge in [0.15, 0.2) is 5.82 Å². The lowest BCUT2D eigenvalue weighted by Gasteiger charge is -2.09. The number of hydrogen-bond donors (Lipinski definition) is 1. The highest BCUT2D eigenvalue weighted by molar-refractivity contribution is 6.31. The summed E-state index contributed by atoms with van der Waals surface area (Å²) in [6.07, 6.45) is 2.84. The summed E-state index contributed by atoms with van der Waals surface area (Å²) in [6, 6.07) is 11.6. The van der Waals surface area contributed by atoms with Crippen molar-refractivity contribution in [2.75, 3.05) is 5.32 Å². The van der Waals surface area contributed by atoms with E-state index < -0.39 is 0 Å². The van der Waals surface area contributed by atoms with Crippen molar-refractivity contribution in [3.05, 3.63) is 81.4 Å². The molecule has 3 aromatic rings. The van der Waals surface area contributed by atoms with Crippen LogP contribution in [0.15, 0.2) is 64.2 Å². The maximum atomic E-state index is 12.2. The molecule has 0 saturated heterocycles. The predicted molar refractivity (Wildman–Crippen MR) is 85.7 cm³/mol. The van der Waals surface area contributed by atoms with E-state index >= 15 is 0 Å². The van der Waals surface area contributed by atoms with E-state index in [0.717, 1.165) is 5.56 Å². The zero-order valence-corrected chi connectivity index (χ0v) is 12.7. The number of hydrogen-bond acceptors (Lipinski definition) is 4. The van der Waals surface area contributed by atoms with Gasteiger partial charge in [-0.05, 0) is 17.7 Å². The third-order valence-corrected chi connectivity index (χ3v) is 3.59. The summed E-state index contributed by atoms with van der Waals surface area (Å²) in [5.74, 6) is -0.0781. The highest BCUT2D eigenvalue weighted by atomic mass is 35.5. The molecular weight excluding hydrogens is 318 g/mol. The Morgan fingerprint density at radius 3 is 2.78 bits per heavy atom. The summed E-state index contributed by atoms with van der Waals surface area (Å²) in [5.41, 5.74) is 0.910. The van der Waals surface area contributed by atoms with E-state index in [4.69, 9.17) is 11.6 Å². The molecule has 0 aliphatic rings. The van der Waals surface area contributed by atoms with Gasteiger partial charge in [-0.2, -0.15) is 0 Å². The number of nitrogens with one attached hydrogen (secondary N) is 1. The topological polar surface area (TPSA) is 77.1 Å². The molecule has 0 atom stereocenters. The van der Waals surface area contributed by atoms with Crippen LogP contribution in [0.4, 0.5) is 5.82 Å². The van der Waals surface area contributed by atoms with Crippen molar-refractivity contribution < 1.29 is 9.32 Å². The van der Waals surface area contributed by atoms with Crippen LogP contribution in [0.25, 0.3) is 0 Å². The number of aromatic nitrogens is 2. The van der Waals surface area contributed by atoms with Crippen LogP contribution in [0.2, 0.25) is 5.02 Å². The molecule has 0 aliphatic carbocycles. The lowest BCUT2D eigenvalue weighted by molar-refractivity contribution is 0.102. The molecule has 2 heterocycles. The number of carbonyl (C=O) groups is 1. The highest BCUT2D eigenvalue weighted by Gasteiger charge is 2.10. The fourth-order valence-corrected chi connectivity index (χ4v) is 2.26. The molecule has 116 valence electrons. The summed E-state index contributed by atoms with van der Waals surface area (Å²) in [6.45, 7) is 0.281. The second-order valence-corrected chi connectivity index (χ2v) is 5.22. The van der Waals surface area contributed by atoms with Crippen LogP contribution in [-0.2, 0) is 6.54 Å². The van der Waals surface area contributed by atoms with Crippen molar-refractivity contribution in [2.45, 2.75) is 6.54 Å². The molecule has 3 rings (SSSR count). The Balaban J connectivity index is 1.86. The smallest absolute Gasteiger partial charge is 0.258 e. The van der Waals surface area contributed by atoms with Crippen LogP contribution >= 0.6 is 11.6 Å². The van der Waals surface area contributed by atoms with Gasteiger partial charge in [0.1, 0.15) is 6.26 Å². The van der Waals surface area contributed by atoms with Crippen molar-refractivity contribution in [3.8, 4) is 0 Å². The number of pyridine rings is 1. The second kappa shape index (κ2) is 6.50. The first-order valence-corrected chi connectivity index (χ1v) is 7.17. The molecule has 6 nitrogen and oxygen atoms in total. The standard InChI is InChI=1S/C16H12ClN3O3/c17-13-4-2-1-3-11(13)9-20-10-12(5-6-15(20)21)16(22)18-14-7-8-23-19-14/h1-8,10H,9H2,(H,18,19,22). The summed E-state index contributed by atoms with van der Waals surface area (Å²) in [5, 5.41) is 6.75. The zero-order valence-electron chi connectivity index (χ0n) is 11.9. The van der Waals surface area contributed by atoms with Gasteiger partial charge in [0.25, 0.3) is 11.5 Å². The largest absolute Gasteiger partial charge is 0.363 e. The third kappa shape index (κ3) is 3.49. The quantitative estimate of drug-likeness (QED) is 0.798. The maximum Gasteiger partial charge on any atom is 0.258 e. The first-order chi connectivity index (χ1) is 11.1. The molecule has 0 saturated carbocycles. The average Bonchev–Trinajstić information content (AvgIpc) is 3.04. The Bertz CT molecular complexity index is 888. The van der Waals surface area contributed by atoms with E-state index in [1.54, 1.807) is 6.07 Å². The zero-order chi connectivity index (χ0) is 16.2. The Labute approximate surface area is 136 Å². The number of nitrogens with zero attached hydrogens (tertiary/aromatic N) is 2. The summed E-state index contributed by atoms with van der Waals surface area (Å²) in [4.78, 5) is 24.1. The minimum absolute atomic E-state index is 0.220. The summed E-state index contributed by atoms with van der Waals surface area (Å²) >= 11 is 6.11. The summed E-state index contributed by atoms with van der Waals surface area (Å²) in [7, 11) is 0. The van der Waals surface area contributed by atoms with Crippen LogP contribution in [0.1, 0.15) is 15.9 Å². The molecule has 0 radical (unpaired) electrons. The molecule has 0 spiro atoms. The van der Waals surface area contributed by atoms with Gasteiger partial charge in [-0.3, -0.25) is 9.59 Å². The number of rotatable bonds is 4. The lowest BCUT2D eigenvalue weighted by Crippen LogP contribution is -2.22. The molecule has 0 aliphatic heterocycles. The summed E-state index contributed by atoms with van der Waals surface area (Å²) < 4.78 is 6.08. The highest BCUT2D eigenvalue weighted by Crippen LogP contribution is 2.15. The van der Waals surface area contributed by atoms with E-state index in [1.807, 2.05) is 18.2 Å². The molecule has 7 heteroatoms. The van der Waals surface area contributed by atoms with Crippen LogP contribution in [0, 0.1) is 0 Å². The van der Waals surface area contributed by atoms with Gasteiger partial charge in [0.05, 0.1) is 12.1 Å². The van der Waals surface area contributed by atoms with E-state index in [1.165, 1.54) is 35.2 Å². The predicted octanol–water partition coefficient (Wildman–Crippen LogP) is 2.79. The van der Waals surface area contributed by atoms with Crippen molar-refractivity contribution in [3.63, 3.8) is 0 Å². The lowest BCUT2D eigenvalue weighted by atomic mass is 10.2. The van der Waals surface area contributed by atoms with Gasteiger partial charge >= 0.3 is 0 Å². The minimum atomic E-state index is -0.383. The fraction of sp³-hybridized carbons (Fsp3) is 0.0625. The normalized spacial score (nSPS) is 10.5. The van der Waals surface area contributed by atoms with Crippen molar-refractivity contribution >= 4 is 23.3 Å². The number of amides is 1. The Kier molecular flexibility index (Phi) is 4.25. The number of benzene rings is 1. The Morgan fingerprint density at radius 2 is 2.04 bits per heavy atom. The molecule has 0 unspecified atom stereocenters. The van der Waals surface area contributed by atoms with Crippen molar-refractivity contribution in [1.82, 2.24) is 9.72 Å². The maximum absolute atomic E-state index is 12.2. The van der Waals surface area contributed by atoms with Crippen LogP contribution in [-0.4, -0.2) is 15.6 Å². The van der Waals surface area contributed by atoms with Crippen LogP contribution in [0.5, 0.6) is 0 Å². The molecule has 1 aromatic carbocycles. The van der Waals surface area contributed by atoms with Gasteiger partial charge in [-0.25, -0.2) is 0 Å². The fourth-order valence-electron chi connectivity index (χ4n) is 2.06. The van der Waals surface area contributed by atoms with E-state index in [2.05, 4.69) is 15.0 Å². The third-order valence-electron chi connectivity index (χ3n) is 3.22. The molecule has 0 fully saturated rings. The minimum Gasteiger partial charge on any atom is -0.363 e. The van der Waals surface area contributed by atoms with Gasteiger partial charge in [0.2, 0.25) is 0 Å². The van der Waals surface area contributed by atoms with E-state index in [-0.39, 0.29) is 18.0 Å². The van der Waals surface area contributed by atoms with Crippen molar-refractivity contribution in [2.24, 2.45) is 0 Å². The van der Waals surface area contributed by atoms with E-state index in [9.17, 15) is 9.59 Å². The SMILES string of the molecule is O=C(Nc1ccon1)c1ccc(=O)n(Cc2ccccc2Cl)c1. The monoisotopic (exact) mass is 329 g/mol. The molecule has 23 heavy (non-hydrogen) atoms. The molecule has 1 N–H and O–H groups in total. The molecule has 0 bridgehead atoms. The average molecular weight is 330 g/mol. The van der Waals surface area contributed by atoms with Crippen molar-refractivity contribution in [1.29, 1.82) is 0 Å². The van der Waals surface area contributed by atoms with Gasteiger partial charge < -0.3 is 14.4 Å². The Hall–Kier alpha value is -2.86. The molecule has 2 aromatic heterocycles. The van der Waals surface area contributed by atoms with Gasteiger partial charge in [0, 0.05) is 23.4 Å². The number of carbonyl (C=O) groups excluding carboxylic acids is 1. The first-order valence-electron chi connectivity index (χ1n) is 6.79. The van der Waals surface area contributed by atoms with E-state index in [0.29, 0.717) is 16.4 Å². The van der Waals surface area contributed by atoms with Gasteiger partial charge in [-0.15, -0.1) is 0 Å². The van der Waals surface area contributed by atoms with Crippen LogP contribution < -0.4 is 10.9 Å². The number of halogens is 1. The second-order valence-electron chi connectivity index (χ2n) is 4.81. The van der Waals surface area contributed by atoms with Crippen LogP contribution in [0.3, 0.4) is 0 Å². The van der Waals surface area contributed by atoms with Gasteiger partial charge in [-0.1, -0.05) is 35.0 Å². The first kappa shape index (κ1) is 15.1.